The van der Waals surface area contributed by atoms with E-state index in [9.17, 15) is 5.11 Å². The zero-order valence-corrected chi connectivity index (χ0v) is 8.23. The molecule has 0 spiro atoms. The Bertz CT molecular complexity index is 486. The van der Waals surface area contributed by atoms with Crippen molar-refractivity contribution in [2.45, 2.75) is 12.3 Å². The summed E-state index contributed by atoms with van der Waals surface area (Å²) >= 11 is 0. The molecule has 1 aliphatic rings. The van der Waals surface area contributed by atoms with E-state index in [1.807, 2.05) is 12.1 Å². The van der Waals surface area contributed by atoms with Crippen LogP contribution in [0.2, 0.25) is 0 Å². The molecule has 4 nitrogen and oxygen atoms in total. The molecule has 0 amide bonds. The molecule has 2 heterocycles. The van der Waals surface area contributed by atoms with Gasteiger partial charge in [0.1, 0.15) is 5.52 Å². The van der Waals surface area contributed by atoms with Gasteiger partial charge in [0.2, 0.25) is 0 Å². The summed E-state index contributed by atoms with van der Waals surface area (Å²) in [6, 6.07) is 3.84. The lowest BCUT2D eigenvalue weighted by atomic mass is 9.97. The van der Waals surface area contributed by atoms with E-state index in [1.165, 1.54) is 6.39 Å². The summed E-state index contributed by atoms with van der Waals surface area (Å²) < 4.78 is 5.17. The van der Waals surface area contributed by atoms with Gasteiger partial charge in [-0.15, -0.1) is 0 Å². The normalized spacial score (nSPS) is 21.2. The number of hydrogen-bond donors (Lipinski definition) is 2. The van der Waals surface area contributed by atoms with Crippen molar-refractivity contribution in [3.8, 4) is 5.75 Å². The van der Waals surface area contributed by atoms with Crippen LogP contribution < -0.4 is 5.32 Å². The van der Waals surface area contributed by atoms with Crippen LogP contribution in [0.5, 0.6) is 5.75 Å². The molecule has 1 fully saturated rings. The Morgan fingerprint density at radius 3 is 3.20 bits per heavy atom. The van der Waals surface area contributed by atoms with E-state index < -0.39 is 0 Å². The second-order valence-electron chi connectivity index (χ2n) is 3.89. The molecule has 2 N–H and O–H groups in total. The average molecular weight is 204 g/mol. The number of oxazole rings is 1. The second-order valence-corrected chi connectivity index (χ2v) is 3.89. The van der Waals surface area contributed by atoms with Crippen LogP contribution in [0.25, 0.3) is 11.1 Å². The molecule has 1 atom stereocenters. The summed E-state index contributed by atoms with van der Waals surface area (Å²) in [5, 5.41) is 13.3. The molecule has 15 heavy (non-hydrogen) atoms. The number of phenolic OH excluding ortho intramolecular Hbond substituents is 1. The van der Waals surface area contributed by atoms with E-state index in [2.05, 4.69) is 10.3 Å². The van der Waals surface area contributed by atoms with E-state index in [0.29, 0.717) is 17.0 Å². The van der Waals surface area contributed by atoms with E-state index in [0.717, 1.165) is 25.1 Å². The third-order valence-corrected chi connectivity index (χ3v) is 3.00. The Morgan fingerprint density at radius 2 is 2.40 bits per heavy atom. The van der Waals surface area contributed by atoms with Crippen LogP contribution in [0.1, 0.15) is 17.9 Å². The van der Waals surface area contributed by atoms with Crippen molar-refractivity contribution in [1.29, 1.82) is 0 Å². The minimum absolute atomic E-state index is 0.249. The van der Waals surface area contributed by atoms with Gasteiger partial charge < -0.3 is 14.8 Å². The maximum Gasteiger partial charge on any atom is 0.196 e. The predicted molar refractivity (Wildman–Crippen MR) is 55.9 cm³/mol. The average Bonchev–Trinajstić information content (AvgIpc) is 2.87. The number of benzene rings is 1. The molecule has 0 aliphatic carbocycles. The third kappa shape index (κ3) is 1.29. The van der Waals surface area contributed by atoms with E-state index in [1.54, 1.807) is 0 Å². The molecule has 1 aromatic heterocycles. The number of aromatic nitrogens is 1. The predicted octanol–water partition coefficient (Wildman–Crippen LogP) is 1.61. The number of fused-ring (bicyclic) bond motifs is 1. The number of aromatic hydroxyl groups is 1. The maximum atomic E-state index is 10.0. The summed E-state index contributed by atoms with van der Waals surface area (Å²) in [7, 11) is 0. The smallest absolute Gasteiger partial charge is 0.196 e. The Kier molecular flexibility index (Phi) is 1.89. The highest BCUT2D eigenvalue weighted by molar-refractivity contribution is 5.80. The van der Waals surface area contributed by atoms with E-state index in [4.69, 9.17) is 4.42 Å². The highest BCUT2D eigenvalue weighted by atomic mass is 16.4. The third-order valence-electron chi connectivity index (χ3n) is 3.00. The first-order valence-corrected chi connectivity index (χ1v) is 5.12. The quantitative estimate of drug-likeness (QED) is 0.741. The lowest BCUT2D eigenvalue weighted by Crippen LogP contribution is -2.08. The topological polar surface area (TPSA) is 58.3 Å². The van der Waals surface area contributed by atoms with Crippen LogP contribution in [0.4, 0.5) is 0 Å². The lowest BCUT2D eigenvalue weighted by molar-refractivity contribution is 0.453. The van der Waals surface area contributed by atoms with Crippen molar-refractivity contribution >= 4 is 11.1 Å². The molecule has 1 saturated heterocycles. The fraction of sp³-hybridized carbons (Fsp3) is 0.364. The number of nitrogens with zero attached hydrogens (tertiary/aromatic N) is 1. The van der Waals surface area contributed by atoms with Crippen LogP contribution in [0.3, 0.4) is 0 Å². The number of rotatable bonds is 1. The van der Waals surface area contributed by atoms with Gasteiger partial charge in [-0.1, -0.05) is 6.07 Å². The first-order chi connectivity index (χ1) is 7.36. The number of phenols is 1. The molecule has 0 saturated carbocycles. The Balaban J connectivity index is 2.13. The zero-order chi connectivity index (χ0) is 10.3. The van der Waals surface area contributed by atoms with E-state index in [-0.39, 0.29) is 5.75 Å². The Hall–Kier alpha value is -1.55. The summed E-state index contributed by atoms with van der Waals surface area (Å²) in [6.45, 7) is 1.94. The van der Waals surface area contributed by atoms with Crippen molar-refractivity contribution in [3.63, 3.8) is 0 Å². The summed E-state index contributed by atoms with van der Waals surface area (Å²) in [5.41, 5.74) is 2.17. The Labute approximate surface area is 86.9 Å². The molecular formula is C11H12N2O2. The zero-order valence-electron chi connectivity index (χ0n) is 8.23. The highest BCUT2D eigenvalue weighted by Crippen LogP contribution is 2.35. The minimum Gasteiger partial charge on any atom is -0.504 e. The maximum absolute atomic E-state index is 10.0. The molecule has 0 bridgehead atoms. The first kappa shape index (κ1) is 8.73. The fourth-order valence-electron chi connectivity index (χ4n) is 2.18. The van der Waals surface area contributed by atoms with Crippen molar-refractivity contribution in [2.75, 3.05) is 13.1 Å². The van der Waals surface area contributed by atoms with Gasteiger partial charge in [0.25, 0.3) is 0 Å². The van der Waals surface area contributed by atoms with Crippen LogP contribution in [-0.4, -0.2) is 23.2 Å². The molecule has 1 unspecified atom stereocenters. The van der Waals surface area contributed by atoms with Crippen molar-refractivity contribution in [3.05, 3.63) is 24.1 Å². The number of hydrogen-bond acceptors (Lipinski definition) is 4. The SMILES string of the molecule is Oc1c(C2CCNC2)ccc2ncoc12. The van der Waals surface area contributed by atoms with Crippen LogP contribution in [0, 0.1) is 0 Å². The highest BCUT2D eigenvalue weighted by Gasteiger charge is 2.21. The summed E-state index contributed by atoms with van der Waals surface area (Å²) in [5.74, 6) is 0.637. The monoisotopic (exact) mass is 204 g/mol. The summed E-state index contributed by atoms with van der Waals surface area (Å²) in [6.07, 6.45) is 2.42. The molecule has 3 rings (SSSR count). The summed E-state index contributed by atoms with van der Waals surface area (Å²) in [4.78, 5) is 4.00. The van der Waals surface area contributed by atoms with Crippen LogP contribution in [0.15, 0.2) is 22.9 Å². The fourth-order valence-corrected chi connectivity index (χ4v) is 2.18. The standard InChI is InChI=1S/C11H12N2O2/c14-10-8(7-3-4-12-5-7)1-2-9-11(10)15-6-13-9/h1-2,6-7,12,14H,3-5H2. The van der Waals surface area contributed by atoms with Gasteiger partial charge in [0.05, 0.1) is 0 Å². The van der Waals surface area contributed by atoms with Gasteiger partial charge in [-0.05, 0) is 19.0 Å². The first-order valence-electron chi connectivity index (χ1n) is 5.12. The van der Waals surface area contributed by atoms with Crippen molar-refractivity contribution in [2.24, 2.45) is 0 Å². The van der Waals surface area contributed by atoms with E-state index >= 15 is 0 Å². The van der Waals surface area contributed by atoms with Gasteiger partial charge in [0, 0.05) is 18.0 Å². The molecule has 2 aromatic rings. The molecule has 1 aromatic carbocycles. The van der Waals surface area contributed by atoms with Gasteiger partial charge in [-0.25, -0.2) is 4.98 Å². The Morgan fingerprint density at radius 1 is 1.47 bits per heavy atom. The molecule has 78 valence electrons. The van der Waals surface area contributed by atoms with Crippen molar-refractivity contribution in [1.82, 2.24) is 10.3 Å². The van der Waals surface area contributed by atoms with Gasteiger partial charge in [-0.2, -0.15) is 0 Å². The molecular weight excluding hydrogens is 192 g/mol. The minimum atomic E-state index is 0.249. The van der Waals surface area contributed by atoms with Crippen LogP contribution in [-0.2, 0) is 0 Å². The molecule has 1 aliphatic heterocycles. The molecule has 4 heteroatoms. The van der Waals surface area contributed by atoms with Crippen molar-refractivity contribution < 1.29 is 9.52 Å². The second kappa shape index (κ2) is 3.24. The molecule has 0 radical (unpaired) electrons. The largest absolute Gasteiger partial charge is 0.504 e. The lowest BCUT2D eigenvalue weighted by Gasteiger charge is -2.10. The van der Waals surface area contributed by atoms with Gasteiger partial charge in [-0.3, -0.25) is 0 Å². The van der Waals surface area contributed by atoms with Crippen LogP contribution >= 0.6 is 0 Å². The van der Waals surface area contributed by atoms with Gasteiger partial charge >= 0.3 is 0 Å². The number of nitrogens with one attached hydrogen (secondary N) is 1. The van der Waals surface area contributed by atoms with Gasteiger partial charge in [0.15, 0.2) is 17.7 Å².